The van der Waals surface area contributed by atoms with E-state index in [9.17, 15) is 4.79 Å². The highest BCUT2D eigenvalue weighted by atomic mass is 35.5. The number of amides is 2. The van der Waals surface area contributed by atoms with Gasteiger partial charge in [-0.25, -0.2) is 4.79 Å². The number of hydrogen-bond acceptors (Lipinski definition) is 1. The Labute approximate surface area is 96.1 Å². The molecule has 0 atom stereocenters. The van der Waals surface area contributed by atoms with E-state index in [1.807, 2.05) is 0 Å². The van der Waals surface area contributed by atoms with Gasteiger partial charge in [0.25, 0.3) is 0 Å². The SMILES string of the molecule is NC(=O)NCc1cc(Cl)c(Cl)cc1Cl. The number of rotatable bonds is 2. The minimum absolute atomic E-state index is 0.227. The van der Waals surface area contributed by atoms with E-state index < -0.39 is 6.03 Å². The van der Waals surface area contributed by atoms with Crippen molar-refractivity contribution < 1.29 is 4.79 Å². The minimum Gasteiger partial charge on any atom is -0.352 e. The van der Waals surface area contributed by atoms with Gasteiger partial charge >= 0.3 is 6.03 Å². The maximum atomic E-state index is 10.4. The van der Waals surface area contributed by atoms with Gasteiger partial charge in [0.1, 0.15) is 0 Å². The van der Waals surface area contributed by atoms with Crippen molar-refractivity contribution in [3.63, 3.8) is 0 Å². The third-order valence-electron chi connectivity index (χ3n) is 1.54. The fraction of sp³-hybridized carbons (Fsp3) is 0.125. The Hall–Kier alpha value is -0.640. The molecule has 0 radical (unpaired) electrons. The number of nitrogens with one attached hydrogen (secondary N) is 1. The lowest BCUT2D eigenvalue weighted by Gasteiger charge is -2.06. The highest BCUT2D eigenvalue weighted by molar-refractivity contribution is 6.43. The van der Waals surface area contributed by atoms with E-state index in [4.69, 9.17) is 40.5 Å². The monoisotopic (exact) mass is 252 g/mol. The Morgan fingerprint density at radius 2 is 1.79 bits per heavy atom. The van der Waals surface area contributed by atoms with Crippen LogP contribution in [0.1, 0.15) is 5.56 Å². The van der Waals surface area contributed by atoms with Crippen LogP contribution < -0.4 is 11.1 Å². The Morgan fingerprint density at radius 1 is 1.21 bits per heavy atom. The van der Waals surface area contributed by atoms with Gasteiger partial charge < -0.3 is 11.1 Å². The van der Waals surface area contributed by atoms with Crippen molar-refractivity contribution in [3.8, 4) is 0 Å². The smallest absolute Gasteiger partial charge is 0.312 e. The van der Waals surface area contributed by atoms with Gasteiger partial charge in [-0.2, -0.15) is 0 Å². The van der Waals surface area contributed by atoms with Crippen LogP contribution in [0.4, 0.5) is 4.79 Å². The fourth-order valence-electron chi connectivity index (χ4n) is 0.882. The lowest BCUT2D eigenvalue weighted by atomic mass is 10.2. The maximum absolute atomic E-state index is 10.4. The van der Waals surface area contributed by atoms with Crippen LogP contribution >= 0.6 is 34.8 Å². The first kappa shape index (κ1) is 11.4. The van der Waals surface area contributed by atoms with Gasteiger partial charge in [0.05, 0.1) is 10.0 Å². The summed E-state index contributed by atoms with van der Waals surface area (Å²) in [6, 6.07) is 2.48. The highest BCUT2D eigenvalue weighted by Gasteiger charge is 2.06. The Bertz CT molecular complexity index is 368. The number of nitrogens with two attached hydrogens (primary N) is 1. The third-order valence-corrected chi connectivity index (χ3v) is 2.62. The van der Waals surface area contributed by atoms with Crippen LogP contribution in [0.15, 0.2) is 12.1 Å². The molecule has 3 N–H and O–H groups in total. The summed E-state index contributed by atoms with van der Waals surface area (Å²) in [5.41, 5.74) is 5.57. The number of hydrogen-bond donors (Lipinski definition) is 2. The van der Waals surface area contributed by atoms with Crippen LogP contribution in [-0.2, 0) is 6.54 Å². The molecule has 76 valence electrons. The van der Waals surface area contributed by atoms with Gasteiger partial charge in [-0.1, -0.05) is 34.8 Å². The first-order valence-corrected chi connectivity index (χ1v) is 4.81. The summed E-state index contributed by atoms with van der Waals surface area (Å²) in [6.45, 7) is 0.227. The van der Waals surface area contributed by atoms with Gasteiger partial charge in [-0.3, -0.25) is 0 Å². The normalized spacial score (nSPS) is 9.93. The molecule has 0 unspecified atom stereocenters. The average Bonchev–Trinajstić information content (AvgIpc) is 2.09. The molecule has 0 saturated heterocycles. The van der Waals surface area contributed by atoms with E-state index in [-0.39, 0.29) is 6.54 Å². The van der Waals surface area contributed by atoms with Gasteiger partial charge in [-0.15, -0.1) is 0 Å². The summed E-state index contributed by atoms with van der Waals surface area (Å²) in [5, 5.41) is 3.60. The van der Waals surface area contributed by atoms with E-state index in [0.29, 0.717) is 20.6 Å². The van der Waals surface area contributed by atoms with Crippen LogP contribution in [0.5, 0.6) is 0 Å². The Balaban J connectivity index is 2.87. The zero-order chi connectivity index (χ0) is 10.7. The van der Waals surface area contributed by atoms with Crippen LogP contribution in [0, 0.1) is 0 Å². The molecule has 1 aromatic carbocycles. The van der Waals surface area contributed by atoms with E-state index in [1.54, 1.807) is 6.07 Å². The highest BCUT2D eigenvalue weighted by Crippen LogP contribution is 2.28. The van der Waals surface area contributed by atoms with Gasteiger partial charge in [0.15, 0.2) is 0 Å². The molecule has 0 heterocycles. The second kappa shape index (κ2) is 4.73. The zero-order valence-corrected chi connectivity index (χ0v) is 9.25. The maximum Gasteiger partial charge on any atom is 0.312 e. The first-order chi connectivity index (χ1) is 6.50. The summed E-state index contributed by atoms with van der Waals surface area (Å²) in [5.74, 6) is 0. The molecule has 0 spiro atoms. The number of carbonyl (C=O) groups excluding carboxylic acids is 1. The first-order valence-electron chi connectivity index (χ1n) is 3.67. The summed E-state index contributed by atoms with van der Waals surface area (Å²) in [6.07, 6.45) is 0. The molecule has 0 saturated carbocycles. The summed E-state index contributed by atoms with van der Waals surface area (Å²) >= 11 is 17.3. The zero-order valence-electron chi connectivity index (χ0n) is 6.98. The lowest BCUT2D eigenvalue weighted by molar-refractivity contribution is 0.248. The number of halogens is 3. The van der Waals surface area contributed by atoms with Crippen molar-refractivity contribution in [1.82, 2.24) is 5.32 Å². The number of benzene rings is 1. The molecule has 2 amide bonds. The van der Waals surface area contributed by atoms with E-state index in [2.05, 4.69) is 5.32 Å². The molecule has 1 rings (SSSR count). The van der Waals surface area contributed by atoms with Crippen molar-refractivity contribution in [2.75, 3.05) is 0 Å². The lowest BCUT2D eigenvalue weighted by Crippen LogP contribution is -2.28. The minimum atomic E-state index is -0.618. The van der Waals surface area contributed by atoms with Crippen LogP contribution in [-0.4, -0.2) is 6.03 Å². The molecular weight excluding hydrogens is 246 g/mol. The van der Waals surface area contributed by atoms with Crippen LogP contribution in [0.25, 0.3) is 0 Å². The van der Waals surface area contributed by atoms with Crippen molar-refractivity contribution >= 4 is 40.8 Å². The van der Waals surface area contributed by atoms with Crippen molar-refractivity contribution in [1.29, 1.82) is 0 Å². The summed E-state index contributed by atoms with van der Waals surface area (Å²) in [4.78, 5) is 10.4. The summed E-state index contributed by atoms with van der Waals surface area (Å²) in [7, 11) is 0. The Morgan fingerprint density at radius 3 is 2.36 bits per heavy atom. The van der Waals surface area contributed by atoms with Gasteiger partial charge in [0, 0.05) is 11.6 Å². The molecule has 0 aromatic heterocycles. The quantitative estimate of drug-likeness (QED) is 0.782. The van der Waals surface area contributed by atoms with E-state index >= 15 is 0 Å². The number of urea groups is 1. The molecule has 0 aliphatic heterocycles. The predicted octanol–water partition coefficient (Wildman–Crippen LogP) is 2.82. The fourth-order valence-corrected chi connectivity index (χ4v) is 1.52. The Kier molecular flexibility index (Phi) is 3.86. The number of primary amides is 1. The molecule has 1 aromatic rings. The van der Waals surface area contributed by atoms with Crippen LogP contribution in [0.2, 0.25) is 15.1 Å². The van der Waals surface area contributed by atoms with Crippen molar-refractivity contribution in [2.45, 2.75) is 6.54 Å². The molecule has 3 nitrogen and oxygen atoms in total. The van der Waals surface area contributed by atoms with E-state index in [1.165, 1.54) is 6.07 Å². The van der Waals surface area contributed by atoms with Gasteiger partial charge in [0.2, 0.25) is 0 Å². The number of carbonyl (C=O) groups is 1. The topological polar surface area (TPSA) is 55.1 Å². The van der Waals surface area contributed by atoms with Crippen LogP contribution in [0.3, 0.4) is 0 Å². The molecule has 14 heavy (non-hydrogen) atoms. The third kappa shape index (κ3) is 2.94. The molecule has 0 aliphatic carbocycles. The molecule has 0 aliphatic rings. The largest absolute Gasteiger partial charge is 0.352 e. The average molecular weight is 254 g/mol. The predicted molar refractivity (Wildman–Crippen MR) is 57.9 cm³/mol. The molecular formula is C8H7Cl3N2O. The molecule has 6 heteroatoms. The van der Waals surface area contributed by atoms with Crippen molar-refractivity contribution in [3.05, 3.63) is 32.8 Å². The second-order valence-corrected chi connectivity index (χ2v) is 3.80. The summed E-state index contributed by atoms with van der Waals surface area (Å²) < 4.78 is 0. The molecule has 0 fully saturated rings. The molecule has 0 bridgehead atoms. The van der Waals surface area contributed by atoms with E-state index in [0.717, 1.165) is 0 Å². The van der Waals surface area contributed by atoms with Gasteiger partial charge in [-0.05, 0) is 17.7 Å². The van der Waals surface area contributed by atoms with Crippen molar-refractivity contribution in [2.24, 2.45) is 5.73 Å². The second-order valence-electron chi connectivity index (χ2n) is 2.58. The standard InChI is InChI=1S/C8H7Cl3N2O/c9-5-2-7(11)6(10)1-4(5)3-13-8(12)14/h1-2H,3H2,(H3,12,13,14).